The molecule has 3 rings (SSSR count). The summed E-state index contributed by atoms with van der Waals surface area (Å²) in [5.41, 5.74) is 4.13. The summed E-state index contributed by atoms with van der Waals surface area (Å²) < 4.78 is 33.2. The number of hydrogen-bond acceptors (Lipinski definition) is 4. The molecule has 0 saturated carbocycles. The van der Waals surface area contributed by atoms with Crippen molar-refractivity contribution in [2.45, 2.75) is 32.2 Å². The van der Waals surface area contributed by atoms with E-state index >= 15 is 0 Å². The zero-order valence-corrected chi connectivity index (χ0v) is 17.3. The smallest absolute Gasteiger partial charge is 0.243 e. The van der Waals surface area contributed by atoms with Gasteiger partial charge in [0.15, 0.2) is 0 Å². The molecule has 27 heavy (non-hydrogen) atoms. The third-order valence-electron chi connectivity index (χ3n) is 5.30. The molecule has 0 radical (unpaired) electrons. The summed E-state index contributed by atoms with van der Waals surface area (Å²) in [6.45, 7) is 9.17. The van der Waals surface area contributed by atoms with Crippen molar-refractivity contribution in [2.24, 2.45) is 0 Å². The van der Waals surface area contributed by atoms with Crippen LogP contribution in [0.3, 0.4) is 0 Å². The number of ether oxygens (including phenoxy) is 1. The van der Waals surface area contributed by atoms with Gasteiger partial charge in [0.1, 0.15) is 5.75 Å². The molecular weight excluding hydrogens is 360 g/mol. The minimum atomic E-state index is -3.49. The Morgan fingerprint density at radius 3 is 2.22 bits per heavy atom. The second-order valence-electron chi connectivity index (χ2n) is 7.19. The van der Waals surface area contributed by atoms with Crippen LogP contribution in [0.25, 0.3) is 0 Å². The molecule has 0 unspecified atom stereocenters. The van der Waals surface area contributed by atoms with Crippen LogP contribution in [0.2, 0.25) is 0 Å². The molecule has 0 aliphatic carbocycles. The Morgan fingerprint density at radius 2 is 1.59 bits per heavy atom. The molecule has 2 aromatic carbocycles. The van der Waals surface area contributed by atoms with E-state index < -0.39 is 10.0 Å². The third kappa shape index (κ3) is 4.18. The van der Waals surface area contributed by atoms with Gasteiger partial charge in [0, 0.05) is 32.7 Å². The number of hydrogen-bond donors (Lipinski definition) is 0. The highest BCUT2D eigenvalue weighted by Crippen LogP contribution is 2.28. The molecule has 0 bridgehead atoms. The molecule has 0 N–H and O–H groups in total. The van der Waals surface area contributed by atoms with Crippen LogP contribution in [0.1, 0.15) is 22.3 Å². The van der Waals surface area contributed by atoms with Crippen LogP contribution in [0.5, 0.6) is 5.75 Å². The number of sulfonamides is 1. The average molecular weight is 389 g/mol. The first-order valence-electron chi connectivity index (χ1n) is 9.25. The quantitative estimate of drug-likeness (QED) is 0.790. The fourth-order valence-electron chi connectivity index (χ4n) is 3.56. The lowest BCUT2D eigenvalue weighted by atomic mass is 10.1. The fraction of sp³-hybridized carbons (Fsp3) is 0.429. The zero-order chi connectivity index (χ0) is 19.6. The van der Waals surface area contributed by atoms with Crippen molar-refractivity contribution >= 4 is 10.0 Å². The molecule has 5 nitrogen and oxygen atoms in total. The van der Waals surface area contributed by atoms with Crippen molar-refractivity contribution in [3.8, 4) is 5.75 Å². The van der Waals surface area contributed by atoms with E-state index in [-0.39, 0.29) is 0 Å². The first kappa shape index (κ1) is 19.9. The summed E-state index contributed by atoms with van der Waals surface area (Å²) in [4.78, 5) is 2.70. The van der Waals surface area contributed by atoms with E-state index in [1.807, 2.05) is 19.9 Å². The number of piperazine rings is 1. The number of rotatable bonds is 5. The molecule has 1 fully saturated rings. The molecule has 1 heterocycles. The maximum atomic E-state index is 13.1. The van der Waals surface area contributed by atoms with E-state index in [2.05, 4.69) is 30.0 Å². The number of aryl methyl sites for hydroxylation is 3. The predicted octanol–water partition coefficient (Wildman–Crippen LogP) is 3.13. The third-order valence-corrected chi connectivity index (χ3v) is 7.34. The minimum absolute atomic E-state index is 0.383. The monoisotopic (exact) mass is 388 g/mol. The van der Waals surface area contributed by atoms with Crippen molar-refractivity contribution in [3.05, 3.63) is 58.7 Å². The average Bonchev–Trinajstić information content (AvgIpc) is 2.65. The van der Waals surface area contributed by atoms with Crippen molar-refractivity contribution in [3.63, 3.8) is 0 Å². The van der Waals surface area contributed by atoms with Crippen molar-refractivity contribution in [1.29, 1.82) is 0 Å². The van der Waals surface area contributed by atoms with Crippen molar-refractivity contribution < 1.29 is 13.2 Å². The van der Waals surface area contributed by atoms with Crippen molar-refractivity contribution in [2.75, 3.05) is 33.3 Å². The van der Waals surface area contributed by atoms with Crippen LogP contribution in [-0.4, -0.2) is 50.9 Å². The van der Waals surface area contributed by atoms with Gasteiger partial charge in [-0.3, -0.25) is 4.90 Å². The van der Waals surface area contributed by atoms with E-state index in [1.54, 1.807) is 23.5 Å². The van der Waals surface area contributed by atoms with Gasteiger partial charge in [-0.2, -0.15) is 4.31 Å². The van der Waals surface area contributed by atoms with E-state index in [1.165, 1.54) is 11.1 Å². The van der Waals surface area contributed by atoms with Gasteiger partial charge in [0.05, 0.1) is 12.0 Å². The van der Waals surface area contributed by atoms with Crippen LogP contribution >= 0.6 is 0 Å². The maximum absolute atomic E-state index is 13.1. The molecule has 6 heteroatoms. The summed E-state index contributed by atoms with van der Waals surface area (Å²) in [7, 11) is -1.89. The predicted molar refractivity (Wildman–Crippen MR) is 108 cm³/mol. The highest BCUT2D eigenvalue weighted by molar-refractivity contribution is 7.89. The summed E-state index contributed by atoms with van der Waals surface area (Å²) in [6, 6.07) is 11.9. The Balaban J connectivity index is 1.72. The summed E-state index contributed by atoms with van der Waals surface area (Å²) in [5, 5.41) is 0. The molecule has 0 atom stereocenters. The van der Waals surface area contributed by atoms with E-state index in [9.17, 15) is 8.42 Å². The summed E-state index contributed by atoms with van der Waals surface area (Å²) >= 11 is 0. The lowest BCUT2D eigenvalue weighted by Gasteiger charge is -2.34. The van der Waals surface area contributed by atoms with Crippen LogP contribution in [0, 0.1) is 20.8 Å². The van der Waals surface area contributed by atoms with E-state index in [4.69, 9.17) is 4.74 Å². The molecule has 1 aliphatic rings. The minimum Gasteiger partial charge on any atom is -0.496 e. The summed E-state index contributed by atoms with van der Waals surface area (Å²) in [6.07, 6.45) is 0. The molecule has 1 aliphatic heterocycles. The van der Waals surface area contributed by atoms with Crippen LogP contribution < -0.4 is 4.74 Å². The van der Waals surface area contributed by atoms with E-state index in [0.29, 0.717) is 18.0 Å². The molecule has 0 spiro atoms. The van der Waals surface area contributed by atoms with Gasteiger partial charge >= 0.3 is 0 Å². The normalized spacial score (nSPS) is 16.4. The van der Waals surface area contributed by atoms with Crippen molar-refractivity contribution in [1.82, 2.24) is 9.21 Å². The maximum Gasteiger partial charge on any atom is 0.243 e. The molecule has 1 saturated heterocycles. The first-order chi connectivity index (χ1) is 12.8. The standard InChI is InChI=1S/C21H28N2O3S/c1-16-7-5-6-8-19(16)15-22-9-11-23(12-10-22)27(24,25)21-14-17(2)20(26-4)13-18(21)3/h5-8,13-14H,9-12,15H2,1-4H3. The number of nitrogens with zero attached hydrogens (tertiary/aromatic N) is 2. The fourth-order valence-corrected chi connectivity index (χ4v) is 5.27. The Kier molecular flexibility index (Phi) is 5.89. The number of methoxy groups -OCH3 is 1. The van der Waals surface area contributed by atoms with Gasteiger partial charge in [-0.15, -0.1) is 0 Å². The van der Waals surface area contributed by atoms with Crippen LogP contribution in [0.4, 0.5) is 0 Å². The Hall–Kier alpha value is -1.89. The van der Waals surface area contributed by atoms with Gasteiger partial charge in [0.2, 0.25) is 10.0 Å². The van der Waals surface area contributed by atoms with Crippen LogP contribution in [-0.2, 0) is 16.6 Å². The largest absolute Gasteiger partial charge is 0.496 e. The van der Waals surface area contributed by atoms with Gasteiger partial charge in [-0.1, -0.05) is 24.3 Å². The highest BCUT2D eigenvalue weighted by atomic mass is 32.2. The Bertz CT molecular complexity index is 917. The summed E-state index contributed by atoms with van der Waals surface area (Å²) in [5.74, 6) is 0.717. The SMILES string of the molecule is COc1cc(C)c(S(=O)(=O)N2CCN(Cc3ccccc3C)CC2)cc1C. The van der Waals surface area contributed by atoms with E-state index in [0.717, 1.165) is 36.5 Å². The Labute approximate surface area is 162 Å². The van der Waals surface area contributed by atoms with Gasteiger partial charge in [-0.05, 0) is 55.2 Å². The second-order valence-corrected chi connectivity index (χ2v) is 9.10. The second kappa shape index (κ2) is 8.00. The zero-order valence-electron chi connectivity index (χ0n) is 16.5. The first-order valence-corrected chi connectivity index (χ1v) is 10.7. The molecule has 2 aromatic rings. The van der Waals surface area contributed by atoms with Gasteiger partial charge in [0.25, 0.3) is 0 Å². The topological polar surface area (TPSA) is 49.9 Å². The number of benzene rings is 2. The molecule has 0 aromatic heterocycles. The lowest BCUT2D eigenvalue weighted by Crippen LogP contribution is -2.48. The molecule has 146 valence electrons. The van der Waals surface area contributed by atoms with Gasteiger partial charge in [-0.25, -0.2) is 8.42 Å². The molecule has 0 amide bonds. The molecular formula is C21H28N2O3S. The van der Waals surface area contributed by atoms with Gasteiger partial charge < -0.3 is 4.74 Å². The lowest BCUT2D eigenvalue weighted by molar-refractivity contribution is 0.181. The highest BCUT2D eigenvalue weighted by Gasteiger charge is 2.30. The Morgan fingerprint density at radius 1 is 0.926 bits per heavy atom. The van der Waals surface area contributed by atoms with Crippen LogP contribution in [0.15, 0.2) is 41.3 Å².